The molecule has 1 N–H and O–H groups in total. The lowest BCUT2D eigenvalue weighted by atomic mass is 10.1. The Morgan fingerprint density at radius 2 is 2.17 bits per heavy atom. The van der Waals surface area contributed by atoms with Crippen LogP contribution < -0.4 is 0 Å². The average molecular weight is 169 g/mol. The van der Waals surface area contributed by atoms with Crippen LogP contribution in [0.3, 0.4) is 0 Å². The molecule has 0 aromatic heterocycles. The smallest absolute Gasteiger partial charge is 0.0630 e. The minimum absolute atomic E-state index is 0.0777. The van der Waals surface area contributed by atoms with Crippen molar-refractivity contribution in [2.75, 3.05) is 6.61 Å². The molecule has 2 heteroatoms. The molecule has 0 aromatic carbocycles. The zero-order valence-corrected chi connectivity index (χ0v) is 8.08. The first-order valence-corrected chi connectivity index (χ1v) is 4.66. The maximum Gasteiger partial charge on any atom is 0.0630 e. The van der Waals surface area contributed by atoms with Crippen LogP contribution in [0.4, 0.5) is 0 Å². The van der Waals surface area contributed by atoms with Gasteiger partial charge in [-0.25, -0.2) is 0 Å². The maximum atomic E-state index is 8.47. The molecule has 0 heterocycles. The molecule has 70 valence electrons. The van der Waals surface area contributed by atoms with E-state index in [-0.39, 0.29) is 6.61 Å². The summed E-state index contributed by atoms with van der Waals surface area (Å²) in [7, 11) is 0. The summed E-state index contributed by atoms with van der Waals surface area (Å²) in [4.78, 5) is 4.25. The zero-order valence-electron chi connectivity index (χ0n) is 8.08. The molecule has 0 aliphatic heterocycles. The molecule has 0 saturated heterocycles. The fourth-order valence-electron chi connectivity index (χ4n) is 0.919. The lowest BCUT2D eigenvalue weighted by Crippen LogP contribution is -1.94. The van der Waals surface area contributed by atoms with Gasteiger partial charge in [0.25, 0.3) is 0 Å². The molecular weight excluding hydrogens is 150 g/mol. The molecule has 0 bridgehead atoms. The van der Waals surface area contributed by atoms with Gasteiger partial charge < -0.3 is 5.11 Å². The van der Waals surface area contributed by atoms with Crippen molar-refractivity contribution in [2.24, 2.45) is 4.99 Å². The Hall–Kier alpha value is -0.630. The predicted octanol–water partition coefficient (Wildman–Crippen LogP) is 2.53. The molecule has 0 aliphatic carbocycles. The standard InChI is InChI=1S/C10H19NO/c1-3-5-7-10(4-2)11-8-6-9-12/h6,8,12H,3-5,7,9H2,1-2H3/b8-6-,11-10?. The molecule has 2 nitrogen and oxygen atoms in total. The van der Waals surface area contributed by atoms with Crippen LogP contribution in [0.2, 0.25) is 0 Å². The topological polar surface area (TPSA) is 32.6 Å². The maximum absolute atomic E-state index is 8.47. The van der Waals surface area contributed by atoms with Crippen molar-refractivity contribution in [2.45, 2.75) is 39.5 Å². The summed E-state index contributed by atoms with van der Waals surface area (Å²) in [6.07, 6.45) is 7.86. The summed E-state index contributed by atoms with van der Waals surface area (Å²) in [5.74, 6) is 0. The lowest BCUT2D eigenvalue weighted by molar-refractivity contribution is 0.342. The molecule has 0 aliphatic rings. The van der Waals surface area contributed by atoms with Crippen LogP contribution in [0.5, 0.6) is 0 Å². The molecule has 0 atom stereocenters. The Morgan fingerprint density at radius 3 is 2.67 bits per heavy atom. The van der Waals surface area contributed by atoms with E-state index in [1.165, 1.54) is 18.6 Å². The Labute approximate surface area is 75.0 Å². The van der Waals surface area contributed by atoms with E-state index in [1.807, 2.05) is 0 Å². The fraction of sp³-hybridized carbons (Fsp3) is 0.700. The lowest BCUT2D eigenvalue weighted by Gasteiger charge is -1.99. The van der Waals surface area contributed by atoms with Gasteiger partial charge in [-0.3, -0.25) is 4.99 Å². The van der Waals surface area contributed by atoms with Gasteiger partial charge in [0.2, 0.25) is 0 Å². The van der Waals surface area contributed by atoms with Crippen LogP contribution in [0.15, 0.2) is 17.3 Å². The second-order valence-electron chi connectivity index (χ2n) is 2.72. The van der Waals surface area contributed by atoms with Gasteiger partial charge >= 0.3 is 0 Å². The van der Waals surface area contributed by atoms with E-state index in [0.717, 1.165) is 12.8 Å². The van der Waals surface area contributed by atoms with E-state index < -0.39 is 0 Å². The molecule has 0 saturated carbocycles. The third kappa shape index (κ3) is 6.10. The molecule has 0 radical (unpaired) electrons. The zero-order chi connectivity index (χ0) is 9.23. The van der Waals surface area contributed by atoms with E-state index >= 15 is 0 Å². The molecule has 0 unspecified atom stereocenters. The minimum Gasteiger partial charge on any atom is -0.392 e. The van der Waals surface area contributed by atoms with Crippen LogP contribution in [0, 0.1) is 0 Å². The van der Waals surface area contributed by atoms with Crippen molar-refractivity contribution in [1.82, 2.24) is 0 Å². The van der Waals surface area contributed by atoms with Gasteiger partial charge in [0.1, 0.15) is 0 Å². The van der Waals surface area contributed by atoms with Crippen LogP contribution in [0.25, 0.3) is 0 Å². The summed E-state index contributed by atoms with van der Waals surface area (Å²) in [5.41, 5.74) is 1.22. The van der Waals surface area contributed by atoms with Crippen LogP contribution in [-0.4, -0.2) is 17.4 Å². The van der Waals surface area contributed by atoms with Gasteiger partial charge in [-0.15, -0.1) is 0 Å². The van der Waals surface area contributed by atoms with Gasteiger partial charge in [-0.05, 0) is 25.3 Å². The number of aliphatic hydroxyl groups excluding tert-OH is 1. The van der Waals surface area contributed by atoms with Crippen molar-refractivity contribution in [1.29, 1.82) is 0 Å². The minimum atomic E-state index is 0.0777. The summed E-state index contributed by atoms with van der Waals surface area (Å²) < 4.78 is 0. The second-order valence-corrected chi connectivity index (χ2v) is 2.72. The van der Waals surface area contributed by atoms with Crippen LogP contribution >= 0.6 is 0 Å². The van der Waals surface area contributed by atoms with Gasteiger partial charge in [-0.1, -0.05) is 20.3 Å². The van der Waals surface area contributed by atoms with Crippen molar-refractivity contribution in [3.8, 4) is 0 Å². The van der Waals surface area contributed by atoms with Gasteiger partial charge in [0.05, 0.1) is 6.61 Å². The van der Waals surface area contributed by atoms with Crippen molar-refractivity contribution < 1.29 is 5.11 Å². The van der Waals surface area contributed by atoms with E-state index in [2.05, 4.69) is 18.8 Å². The number of rotatable bonds is 6. The van der Waals surface area contributed by atoms with E-state index in [4.69, 9.17) is 5.11 Å². The van der Waals surface area contributed by atoms with E-state index in [0.29, 0.717) is 0 Å². The second kappa shape index (κ2) is 8.47. The van der Waals surface area contributed by atoms with Crippen molar-refractivity contribution in [3.63, 3.8) is 0 Å². The van der Waals surface area contributed by atoms with Crippen LogP contribution in [-0.2, 0) is 0 Å². The summed E-state index contributed by atoms with van der Waals surface area (Å²) in [5, 5.41) is 8.47. The Morgan fingerprint density at radius 1 is 1.42 bits per heavy atom. The normalized spacial score (nSPS) is 12.8. The molecule has 0 amide bonds. The summed E-state index contributed by atoms with van der Waals surface area (Å²) >= 11 is 0. The highest BCUT2D eigenvalue weighted by Crippen LogP contribution is 2.00. The van der Waals surface area contributed by atoms with Crippen molar-refractivity contribution in [3.05, 3.63) is 12.3 Å². The highest BCUT2D eigenvalue weighted by molar-refractivity contribution is 5.84. The molecule has 12 heavy (non-hydrogen) atoms. The number of hydrogen-bond acceptors (Lipinski definition) is 2. The Bertz CT molecular complexity index is 150. The summed E-state index contributed by atoms with van der Waals surface area (Å²) in [6, 6.07) is 0. The van der Waals surface area contributed by atoms with Gasteiger partial charge in [0.15, 0.2) is 0 Å². The number of aliphatic imine (C=N–C) groups is 1. The van der Waals surface area contributed by atoms with Gasteiger partial charge in [-0.2, -0.15) is 0 Å². The third-order valence-corrected chi connectivity index (χ3v) is 1.69. The molecule has 0 fully saturated rings. The first kappa shape index (κ1) is 11.4. The van der Waals surface area contributed by atoms with E-state index in [1.54, 1.807) is 12.3 Å². The highest BCUT2D eigenvalue weighted by Gasteiger charge is 1.92. The third-order valence-electron chi connectivity index (χ3n) is 1.69. The molecule has 0 rings (SSSR count). The fourth-order valence-corrected chi connectivity index (χ4v) is 0.919. The quantitative estimate of drug-likeness (QED) is 0.609. The Balaban J connectivity index is 3.78. The SMILES string of the molecule is CCCCC(CC)=N/C=C\CO. The van der Waals surface area contributed by atoms with E-state index in [9.17, 15) is 0 Å². The molecule has 0 spiro atoms. The predicted molar refractivity (Wildman–Crippen MR) is 53.5 cm³/mol. The largest absolute Gasteiger partial charge is 0.392 e. The highest BCUT2D eigenvalue weighted by atomic mass is 16.2. The van der Waals surface area contributed by atoms with Crippen LogP contribution in [0.1, 0.15) is 39.5 Å². The number of nitrogens with zero attached hydrogens (tertiary/aromatic N) is 1. The number of unbranched alkanes of at least 4 members (excludes halogenated alkanes) is 1. The Kier molecular flexibility index (Phi) is 8.02. The van der Waals surface area contributed by atoms with Crippen molar-refractivity contribution >= 4 is 5.71 Å². The monoisotopic (exact) mass is 169 g/mol. The van der Waals surface area contributed by atoms with Gasteiger partial charge in [0, 0.05) is 11.9 Å². The average Bonchev–Trinajstić information content (AvgIpc) is 2.11. The molecule has 0 aromatic rings. The summed E-state index contributed by atoms with van der Waals surface area (Å²) in [6.45, 7) is 4.37. The first-order valence-electron chi connectivity index (χ1n) is 4.66. The number of aliphatic hydroxyl groups is 1. The molecular formula is C10H19NO. The number of hydrogen-bond donors (Lipinski definition) is 1. The first-order chi connectivity index (χ1) is 5.85.